The molecule has 6 nitrogen and oxygen atoms in total. The number of carbonyl (C=O) groups excluding carboxylic acids is 1. The third kappa shape index (κ3) is 4.71. The van der Waals surface area contributed by atoms with E-state index >= 15 is 0 Å². The molecule has 0 atom stereocenters. The van der Waals surface area contributed by atoms with Crippen molar-refractivity contribution in [1.29, 1.82) is 0 Å². The molecule has 1 aliphatic heterocycles. The number of nitrogens with zero attached hydrogens (tertiary/aromatic N) is 3. The van der Waals surface area contributed by atoms with Gasteiger partial charge in [0.2, 0.25) is 5.91 Å². The van der Waals surface area contributed by atoms with Gasteiger partial charge in [0.25, 0.3) is 0 Å². The summed E-state index contributed by atoms with van der Waals surface area (Å²) >= 11 is 5.99. The number of benzene rings is 2. The van der Waals surface area contributed by atoms with Gasteiger partial charge in [-0.1, -0.05) is 17.7 Å². The highest BCUT2D eigenvalue weighted by molar-refractivity contribution is 6.30. The first-order chi connectivity index (χ1) is 14.6. The topological polar surface area (TPSA) is 67.3 Å². The molecule has 4 rings (SSSR count). The van der Waals surface area contributed by atoms with Crippen molar-refractivity contribution < 1.29 is 9.53 Å². The largest absolute Gasteiger partial charge is 0.497 e. The molecule has 0 saturated carbocycles. The highest BCUT2D eigenvalue weighted by Crippen LogP contribution is 2.25. The van der Waals surface area contributed by atoms with E-state index in [0.29, 0.717) is 5.02 Å². The molecule has 30 heavy (non-hydrogen) atoms. The Kier molecular flexibility index (Phi) is 6.14. The first kappa shape index (κ1) is 20.2. The van der Waals surface area contributed by atoms with Gasteiger partial charge in [0, 0.05) is 35.3 Å². The predicted octanol–water partition coefficient (Wildman–Crippen LogP) is 4.66. The van der Waals surface area contributed by atoms with E-state index in [1.54, 1.807) is 19.2 Å². The monoisotopic (exact) mass is 422 g/mol. The van der Waals surface area contributed by atoms with Crippen LogP contribution in [0.4, 0.5) is 11.5 Å². The zero-order valence-corrected chi connectivity index (χ0v) is 17.5. The summed E-state index contributed by atoms with van der Waals surface area (Å²) < 4.78 is 5.19. The van der Waals surface area contributed by atoms with Crippen LogP contribution >= 0.6 is 11.6 Å². The van der Waals surface area contributed by atoms with Gasteiger partial charge in [-0.05, 0) is 67.4 Å². The van der Waals surface area contributed by atoms with Gasteiger partial charge >= 0.3 is 0 Å². The van der Waals surface area contributed by atoms with Gasteiger partial charge in [-0.15, -0.1) is 10.2 Å². The molecule has 7 heteroatoms. The van der Waals surface area contributed by atoms with Crippen LogP contribution in [-0.2, 0) is 4.79 Å². The molecule has 154 valence electrons. The van der Waals surface area contributed by atoms with E-state index in [0.717, 1.165) is 54.4 Å². The molecule has 1 fully saturated rings. The summed E-state index contributed by atoms with van der Waals surface area (Å²) in [6.45, 7) is 1.54. The molecule has 1 N–H and O–H groups in total. The predicted molar refractivity (Wildman–Crippen MR) is 119 cm³/mol. The minimum Gasteiger partial charge on any atom is -0.497 e. The first-order valence-corrected chi connectivity index (χ1v) is 10.3. The summed E-state index contributed by atoms with van der Waals surface area (Å²) in [4.78, 5) is 14.7. The molecule has 2 aromatic carbocycles. The van der Waals surface area contributed by atoms with Crippen molar-refractivity contribution in [2.24, 2.45) is 5.92 Å². The highest BCUT2D eigenvalue weighted by atomic mass is 35.5. The summed E-state index contributed by atoms with van der Waals surface area (Å²) in [5.41, 5.74) is 2.54. The number of rotatable bonds is 5. The van der Waals surface area contributed by atoms with Crippen molar-refractivity contribution in [1.82, 2.24) is 10.2 Å². The average Bonchev–Trinajstić information content (AvgIpc) is 2.79. The second-order valence-corrected chi connectivity index (χ2v) is 7.70. The lowest BCUT2D eigenvalue weighted by Crippen LogP contribution is -2.38. The second kappa shape index (κ2) is 9.13. The fourth-order valence-corrected chi connectivity index (χ4v) is 3.78. The van der Waals surface area contributed by atoms with Crippen LogP contribution in [0, 0.1) is 5.92 Å². The summed E-state index contributed by atoms with van der Waals surface area (Å²) in [5, 5.41) is 12.3. The van der Waals surface area contributed by atoms with Gasteiger partial charge < -0.3 is 15.0 Å². The van der Waals surface area contributed by atoms with Gasteiger partial charge in [0.05, 0.1) is 12.8 Å². The fourth-order valence-electron chi connectivity index (χ4n) is 3.59. The number of piperidine rings is 1. The third-order valence-electron chi connectivity index (χ3n) is 5.32. The Morgan fingerprint density at radius 2 is 1.83 bits per heavy atom. The number of hydrogen-bond acceptors (Lipinski definition) is 5. The van der Waals surface area contributed by atoms with Crippen molar-refractivity contribution in [2.75, 3.05) is 30.4 Å². The Bertz CT molecular complexity index is 1000. The molecule has 2 heterocycles. The van der Waals surface area contributed by atoms with Crippen molar-refractivity contribution in [3.63, 3.8) is 0 Å². The normalized spacial score (nSPS) is 14.4. The Morgan fingerprint density at radius 1 is 1.07 bits per heavy atom. The minimum atomic E-state index is -0.0215. The second-order valence-electron chi connectivity index (χ2n) is 7.27. The van der Waals surface area contributed by atoms with Gasteiger partial charge in [-0.2, -0.15) is 0 Å². The molecule has 0 spiro atoms. The SMILES string of the molecule is COc1ccc(-c2ccc(N3CCC(C(=O)Nc4cccc(Cl)c4)CC3)nn2)cc1. The Morgan fingerprint density at radius 3 is 2.47 bits per heavy atom. The standard InChI is InChI=1S/C23H23ClN4O2/c1-30-20-7-5-16(6-8-20)21-9-10-22(27-26-21)28-13-11-17(12-14-28)23(29)25-19-4-2-3-18(24)15-19/h2-10,15,17H,11-14H2,1H3,(H,25,29). The Balaban J connectivity index is 1.34. The number of halogens is 1. The molecule has 0 aliphatic carbocycles. The molecule has 0 unspecified atom stereocenters. The number of aromatic nitrogens is 2. The van der Waals surface area contributed by atoms with Gasteiger partial charge in [-0.25, -0.2) is 0 Å². The minimum absolute atomic E-state index is 0.0215. The molecular weight excluding hydrogens is 400 g/mol. The first-order valence-electron chi connectivity index (χ1n) is 9.92. The van der Waals surface area contributed by atoms with Crippen molar-refractivity contribution in [3.05, 3.63) is 65.7 Å². The van der Waals surface area contributed by atoms with Crippen LogP contribution in [0.25, 0.3) is 11.3 Å². The van der Waals surface area contributed by atoms with Gasteiger partial charge in [-0.3, -0.25) is 4.79 Å². The maximum Gasteiger partial charge on any atom is 0.227 e. The smallest absolute Gasteiger partial charge is 0.227 e. The molecule has 3 aromatic rings. The van der Waals surface area contributed by atoms with Crippen LogP contribution in [-0.4, -0.2) is 36.3 Å². The van der Waals surface area contributed by atoms with E-state index in [2.05, 4.69) is 20.4 Å². The lowest BCUT2D eigenvalue weighted by atomic mass is 9.96. The van der Waals surface area contributed by atoms with Gasteiger partial charge in [0.1, 0.15) is 5.75 Å². The number of hydrogen-bond donors (Lipinski definition) is 1. The summed E-state index contributed by atoms with van der Waals surface area (Å²) in [5.74, 6) is 1.66. The van der Waals surface area contributed by atoms with Crippen LogP contribution in [0.5, 0.6) is 5.75 Å². The fraction of sp³-hybridized carbons (Fsp3) is 0.261. The van der Waals surface area contributed by atoms with Crippen molar-refractivity contribution in [3.8, 4) is 17.0 Å². The molecule has 1 saturated heterocycles. The van der Waals surface area contributed by atoms with E-state index in [9.17, 15) is 4.79 Å². The van der Waals surface area contributed by atoms with Crippen LogP contribution in [0.15, 0.2) is 60.7 Å². The highest BCUT2D eigenvalue weighted by Gasteiger charge is 2.26. The quantitative estimate of drug-likeness (QED) is 0.647. The Hall–Kier alpha value is -3.12. The van der Waals surface area contributed by atoms with Crippen LogP contribution < -0.4 is 15.0 Å². The lowest BCUT2D eigenvalue weighted by Gasteiger charge is -2.31. The lowest BCUT2D eigenvalue weighted by molar-refractivity contribution is -0.120. The van der Waals surface area contributed by atoms with E-state index in [1.165, 1.54) is 0 Å². The number of anilines is 2. The van der Waals surface area contributed by atoms with Gasteiger partial charge in [0.15, 0.2) is 5.82 Å². The third-order valence-corrected chi connectivity index (χ3v) is 5.55. The van der Waals surface area contributed by atoms with E-state index in [1.807, 2.05) is 48.5 Å². The zero-order valence-electron chi connectivity index (χ0n) is 16.7. The molecule has 0 bridgehead atoms. The summed E-state index contributed by atoms with van der Waals surface area (Å²) in [7, 11) is 1.65. The maximum absolute atomic E-state index is 12.6. The van der Waals surface area contributed by atoms with Crippen molar-refractivity contribution >= 4 is 29.0 Å². The number of nitrogens with one attached hydrogen (secondary N) is 1. The average molecular weight is 423 g/mol. The summed E-state index contributed by atoms with van der Waals surface area (Å²) in [6.07, 6.45) is 1.54. The van der Waals surface area contributed by atoms with Crippen LogP contribution in [0.1, 0.15) is 12.8 Å². The number of methoxy groups -OCH3 is 1. The molecular formula is C23H23ClN4O2. The number of amides is 1. The van der Waals surface area contributed by atoms with E-state index < -0.39 is 0 Å². The number of carbonyl (C=O) groups is 1. The Labute approximate surface area is 180 Å². The molecule has 1 amide bonds. The molecule has 0 radical (unpaired) electrons. The number of ether oxygens (including phenoxy) is 1. The molecule has 1 aromatic heterocycles. The van der Waals surface area contributed by atoms with Crippen LogP contribution in [0.3, 0.4) is 0 Å². The van der Waals surface area contributed by atoms with Crippen LogP contribution in [0.2, 0.25) is 5.02 Å². The van der Waals surface area contributed by atoms with E-state index in [-0.39, 0.29) is 11.8 Å². The molecule has 1 aliphatic rings. The maximum atomic E-state index is 12.6. The summed E-state index contributed by atoms with van der Waals surface area (Å²) in [6, 6.07) is 18.9. The van der Waals surface area contributed by atoms with Crippen molar-refractivity contribution in [2.45, 2.75) is 12.8 Å². The van der Waals surface area contributed by atoms with E-state index in [4.69, 9.17) is 16.3 Å². The zero-order chi connectivity index (χ0) is 20.9.